The van der Waals surface area contributed by atoms with Crippen LogP contribution < -0.4 is 4.74 Å². The molecule has 1 rings (SSSR count). The molecule has 0 saturated carbocycles. The molecule has 1 heterocycles. The Morgan fingerprint density at radius 3 is 2.50 bits per heavy atom. The zero-order chi connectivity index (χ0) is 12.1. The lowest BCUT2D eigenvalue weighted by Crippen LogP contribution is -2.28. The minimum atomic E-state index is -0.436. The fraction of sp³-hybridized carbons (Fsp3) is 0.500. The summed E-state index contributed by atoms with van der Waals surface area (Å²) in [4.78, 5) is 16.0. The van der Waals surface area contributed by atoms with Gasteiger partial charge in [0.1, 0.15) is 11.9 Å². The summed E-state index contributed by atoms with van der Waals surface area (Å²) in [6.45, 7) is 3.89. The monoisotopic (exact) mass is 223 g/mol. The van der Waals surface area contributed by atoms with Crippen molar-refractivity contribution in [1.29, 1.82) is 0 Å². The zero-order valence-electron chi connectivity index (χ0n) is 10.1. The van der Waals surface area contributed by atoms with Crippen molar-refractivity contribution in [1.82, 2.24) is 4.98 Å². The van der Waals surface area contributed by atoms with Crippen LogP contribution in [0.5, 0.6) is 5.75 Å². The molecular formula is C12H17NO3. The highest BCUT2D eigenvalue weighted by Gasteiger charge is 2.23. The summed E-state index contributed by atoms with van der Waals surface area (Å²) in [7, 11) is 3.08. The standard InChI is InChI=1S/C12H17NO3/c1-8(2)12(16-4)11(14)9-5-10(15-3)7-13-6-9/h5-8,12H,1-4H3. The normalized spacial score (nSPS) is 12.6. The van der Waals surface area contributed by atoms with Gasteiger partial charge in [0.25, 0.3) is 0 Å². The van der Waals surface area contributed by atoms with E-state index in [1.807, 2.05) is 13.8 Å². The lowest BCUT2D eigenvalue weighted by molar-refractivity contribution is 0.0458. The molecule has 1 aromatic rings. The van der Waals surface area contributed by atoms with E-state index >= 15 is 0 Å². The highest BCUT2D eigenvalue weighted by molar-refractivity contribution is 5.99. The average molecular weight is 223 g/mol. The average Bonchev–Trinajstić information content (AvgIpc) is 2.29. The summed E-state index contributed by atoms with van der Waals surface area (Å²) < 4.78 is 10.2. The Hall–Kier alpha value is -1.42. The van der Waals surface area contributed by atoms with Crippen molar-refractivity contribution >= 4 is 5.78 Å². The lowest BCUT2D eigenvalue weighted by Gasteiger charge is -2.17. The molecule has 0 fully saturated rings. The molecule has 0 aliphatic heterocycles. The number of nitrogens with zero attached hydrogens (tertiary/aromatic N) is 1. The largest absolute Gasteiger partial charge is 0.495 e. The second-order valence-electron chi connectivity index (χ2n) is 3.88. The molecule has 0 amide bonds. The Balaban J connectivity index is 2.94. The number of ether oxygens (including phenoxy) is 2. The summed E-state index contributed by atoms with van der Waals surface area (Å²) in [6.07, 6.45) is 2.65. The predicted octanol–water partition coefficient (Wildman–Crippen LogP) is 1.94. The van der Waals surface area contributed by atoms with Crippen LogP contribution in [0.15, 0.2) is 18.5 Å². The van der Waals surface area contributed by atoms with Crippen LogP contribution in [0.2, 0.25) is 0 Å². The number of hydrogen-bond donors (Lipinski definition) is 0. The number of pyridine rings is 1. The molecule has 4 nitrogen and oxygen atoms in total. The highest BCUT2D eigenvalue weighted by atomic mass is 16.5. The number of carbonyl (C=O) groups excluding carboxylic acids is 1. The lowest BCUT2D eigenvalue weighted by atomic mass is 9.98. The van der Waals surface area contributed by atoms with Crippen molar-refractivity contribution in [2.45, 2.75) is 20.0 Å². The first kappa shape index (κ1) is 12.6. The third-order valence-corrected chi connectivity index (χ3v) is 2.35. The third-order valence-electron chi connectivity index (χ3n) is 2.35. The van der Waals surface area contributed by atoms with E-state index in [2.05, 4.69) is 4.98 Å². The van der Waals surface area contributed by atoms with E-state index in [9.17, 15) is 4.79 Å². The van der Waals surface area contributed by atoms with Gasteiger partial charge in [-0.25, -0.2) is 0 Å². The van der Waals surface area contributed by atoms with Gasteiger partial charge < -0.3 is 9.47 Å². The van der Waals surface area contributed by atoms with Crippen LogP contribution >= 0.6 is 0 Å². The van der Waals surface area contributed by atoms with Crippen LogP contribution in [0.1, 0.15) is 24.2 Å². The topological polar surface area (TPSA) is 48.4 Å². The van der Waals surface area contributed by atoms with Crippen LogP contribution in [0.4, 0.5) is 0 Å². The minimum Gasteiger partial charge on any atom is -0.495 e. The van der Waals surface area contributed by atoms with E-state index in [1.165, 1.54) is 13.3 Å². The summed E-state index contributed by atoms with van der Waals surface area (Å²) in [6, 6.07) is 1.67. The Morgan fingerprint density at radius 1 is 1.31 bits per heavy atom. The van der Waals surface area contributed by atoms with Gasteiger partial charge in [0.05, 0.1) is 13.3 Å². The molecule has 0 N–H and O–H groups in total. The second-order valence-corrected chi connectivity index (χ2v) is 3.88. The van der Waals surface area contributed by atoms with Gasteiger partial charge in [-0.1, -0.05) is 13.8 Å². The number of methoxy groups -OCH3 is 2. The van der Waals surface area contributed by atoms with Gasteiger partial charge in [0.15, 0.2) is 5.78 Å². The van der Waals surface area contributed by atoms with E-state index in [0.29, 0.717) is 11.3 Å². The fourth-order valence-corrected chi connectivity index (χ4v) is 1.51. The van der Waals surface area contributed by atoms with E-state index in [-0.39, 0.29) is 11.7 Å². The number of Topliss-reactive ketones (excluding diaryl/α,β-unsaturated/α-hetero) is 1. The summed E-state index contributed by atoms with van der Waals surface area (Å²) >= 11 is 0. The molecule has 1 aromatic heterocycles. The highest BCUT2D eigenvalue weighted by Crippen LogP contribution is 2.16. The molecule has 88 valence electrons. The van der Waals surface area contributed by atoms with Crippen LogP contribution in [0.25, 0.3) is 0 Å². The second kappa shape index (κ2) is 5.61. The zero-order valence-corrected chi connectivity index (χ0v) is 10.1. The van der Waals surface area contributed by atoms with Crippen molar-refractivity contribution in [3.63, 3.8) is 0 Å². The molecule has 0 spiro atoms. The molecule has 16 heavy (non-hydrogen) atoms. The van der Waals surface area contributed by atoms with Gasteiger partial charge in [-0.2, -0.15) is 0 Å². The molecule has 0 saturated heterocycles. The predicted molar refractivity (Wildman–Crippen MR) is 60.8 cm³/mol. The Kier molecular flexibility index (Phi) is 4.43. The van der Waals surface area contributed by atoms with Crippen molar-refractivity contribution in [2.24, 2.45) is 5.92 Å². The number of ketones is 1. The van der Waals surface area contributed by atoms with Crippen molar-refractivity contribution < 1.29 is 14.3 Å². The van der Waals surface area contributed by atoms with Crippen molar-refractivity contribution in [3.05, 3.63) is 24.0 Å². The quantitative estimate of drug-likeness (QED) is 0.716. The number of aromatic nitrogens is 1. The van der Waals surface area contributed by atoms with E-state index in [4.69, 9.17) is 9.47 Å². The molecule has 0 aromatic carbocycles. The Bertz CT molecular complexity index is 363. The van der Waals surface area contributed by atoms with Gasteiger partial charge in [0.2, 0.25) is 0 Å². The fourth-order valence-electron chi connectivity index (χ4n) is 1.51. The first-order valence-corrected chi connectivity index (χ1v) is 5.16. The maximum Gasteiger partial charge on any atom is 0.193 e. The maximum atomic E-state index is 12.1. The SMILES string of the molecule is COc1cncc(C(=O)C(OC)C(C)C)c1. The summed E-state index contributed by atoms with van der Waals surface area (Å²) in [5.74, 6) is 0.636. The van der Waals surface area contributed by atoms with E-state index in [0.717, 1.165) is 0 Å². The number of carbonyl (C=O) groups is 1. The Morgan fingerprint density at radius 2 is 2.00 bits per heavy atom. The summed E-state index contributed by atoms with van der Waals surface area (Å²) in [5, 5.41) is 0. The van der Waals surface area contributed by atoms with Crippen LogP contribution in [-0.4, -0.2) is 31.1 Å². The van der Waals surface area contributed by atoms with Crippen molar-refractivity contribution in [2.75, 3.05) is 14.2 Å². The van der Waals surface area contributed by atoms with Gasteiger partial charge in [-0.15, -0.1) is 0 Å². The molecule has 0 radical (unpaired) electrons. The minimum absolute atomic E-state index is 0.0658. The molecule has 0 aliphatic rings. The van der Waals surface area contributed by atoms with Gasteiger partial charge >= 0.3 is 0 Å². The van der Waals surface area contributed by atoms with Crippen molar-refractivity contribution in [3.8, 4) is 5.75 Å². The maximum absolute atomic E-state index is 12.1. The molecule has 0 bridgehead atoms. The number of hydrogen-bond acceptors (Lipinski definition) is 4. The Labute approximate surface area is 95.6 Å². The molecule has 1 unspecified atom stereocenters. The number of rotatable bonds is 5. The molecule has 0 aliphatic carbocycles. The first-order valence-electron chi connectivity index (χ1n) is 5.16. The third kappa shape index (κ3) is 2.79. The van der Waals surface area contributed by atoms with E-state index < -0.39 is 6.10 Å². The molecule has 4 heteroatoms. The molecular weight excluding hydrogens is 206 g/mol. The summed E-state index contributed by atoms with van der Waals surface area (Å²) in [5.41, 5.74) is 0.514. The van der Waals surface area contributed by atoms with Crippen LogP contribution in [0, 0.1) is 5.92 Å². The van der Waals surface area contributed by atoms with Crippen LogP contribution in [-0.2, 0) is 4.74 Å². The van der Waals surface area contributed by atoms with E-state index in [1.54, 1.807) is 19.4 Å². The first-order chi connectivity index (χ1) is 7.60. The van der Waals surface area contributed by atoms with Gasteiger partial charge in [-0.3, -0.25) is 9.78 Å². The smallest absolute Gasteiger partial charge is 0.193 e. The van der Waals surface area contributed by atoms with Crippen LogP contribution in [0.3, 0.4) is 0 Å². The molecule has 1 atom stereocenters. The van der Waals surface area contributed by atoms with Gasteiger partial charge in [-0.05, 0) is 12.0 Å². The van der Waals surface area contributed by atoms with Gasteiger partial charge in [0, 0.05) is 18.9 Å².